The Labute approximate surface area is 590 Å². The van der Waals surface area contributed by atoms with Gasteiger partial charge in [0.2, 0.25) is 70.9 Å². The molecule has 0 unspecified atom stereocenters. The first-order chi connectivity index (χ1) is 47.3. The molecule has 4 heterocycles. The van der Waals surface area contributed by atoms with Gasteiger partial charge in [-0.2, -0.15) is 13.2 Å². The number of carbonyl (C=O) groups is 12. The van der Waals surface area contributed by atoms with Crippen molar-refractivity contribution in [2.24, 2.45) is 23.7 Å². The van der Waals surface area contributed by atoms with E-state index in [2.05, 4.69) is 21.3 Å². The normalized spacial score (nSPS) is 28.5. The second-order valence-electron chi connectivity index (χ2n) is 29.5. The van der Waals surface area contributed by atoms with Crippen molar-refractivity contribution in [1.82, 2.24) is 60.5 Å². The molecule has 8 rings (SSSR count). The fraction of sp³-hybridized carbons (Fsp3) is 0.746. The summed E-state index contributed by atoms with van der Waals surface area (Å²) in [5.74, 6) is -8.95. The van der Waals surface area contributed by atoms with Crippen molar-refractivity contribution in [1.29, 1.82) is 0 Å². The lowest BCUT2D eigenvalue weighted by molar-refractivity contribution is -0.158. The summed E-state index contributed by atoms with van der Waals surface area (Å²) in [5.41, 5.74) is -2.35. The number of morpholine rings is 1. The first-order valence-corrected chi connectivity index (χ1v) is 36.5. The Balaban J connectivity index is 1.17. The Hall–Kier alpha value is -7.10. The van der Waals surface area contributed by atoms with Crippen LogP contribution in [0.5, 0.6) is 0 Å². The summed E-state index contributed by atoms with van der Waals surface area (Å²) in [5, 5.41) is 10.9. The smallest absolute Gasteiger partial charge is 0.378 e. The van der Waals surface area contributed by atoms with Crippen LogP contribution in [0.25, 0.3) is 0 Å². The largest absolute Gasteiger partial charge is 0.417 e. The van der Waals surface area contributed by atoms with E-state index in [-0.39, 0.29) is 96.2 Å². The molecule has 556 valence electrons. The highest BCUT2D eigenvalue weighted by molar-refractivity contribution is 6.31. The lowest BCUT2D eigenvalue weighted by Gasteiger charge is -2.45. The highest BCUT2D eigenvalue weighted by Crippen LogP contribution is 2.39. The Bertz CT molecular complexity index is 3170. The topological polar surface area (TPSA) is 288 Å². The van der Waals surface area contributed by atoms with Crippen LogP contribution in [0.1, 0.15) is 174 Å². The van der Waals surface area contributed by atoms with E-state index in [4.69, 9.17) is 16.3 Å². The summed E-state index contributed by atoms with van der Waals surface area (Å²) in [4.78, 5) is 190. The lowest BCUT2D eigenvalue weighted by atomic mass is 9.90. The monoisotopic (exact) mass is 1430 g/mol. The average Bonchev–Trinajstić information content (AvgIpc) is 1.25. The van der Waals surface area contributed by atoms with Gasteiger partial charge in [0.25, 0.3) is 0 Å². The molecule has 1 aromatic rings. The van der Waals surface area contributed by atoms with Crippen LogP contribution < -0.4 is 21.3 Å². The number of alkyl halides is 3. The van der Waals surface area contributed by atoms with E-state index >= 15 is 28.8 Å². The molecule has 3 saturated carbocycles. The maximum Gasteiger partial charge on any atom is 0.417 e. The van der Waals surface area contributed by atoms with Crippen LogP contribution in [0.4, 0.5) is 13.2 Å². The predicted octanol–water partition coefficient (Wildman–Crippen LogP) is 4.68. The summed E-state index contributed by atoms with van der Waals surface area (Å²) >= 11 is 6.15. The molecular weight excluding hydrogens is 1320 g/mol. The number of ether oxygens (including phenoxy) is 1. The molecule has 0 bridgehead atoms. The average molecular weight is 1430 g/mol. The number of rotatable bonds is 11. The predicted molar refractivity (Wildman–Crippen MR) is 364 cm³/mol. The van der Waals surface area contributed by atoms with Crippen molar-refractivity contribution < 1.29 is 75.4 Å². The molecule has 100 heavy (non-hydrogen) atoms. The van der Waals surface area contributed by atoms with Gasteiger partial charge in [-0.3, -0.25) is 57.5 Å². The second-order valence-corrected chi connectivity index (χ2v) is 29.9. The molecule has 12 amide bonds. The first kappa shape index (κ1) is 78.6. The number of hydrogen-bond donors (Lipinski definition) is 4. The molecule has 10 atom stereocenters. The molecule has 7 aliphatic rings. The third kappa shape index (κ3) is 18.2. The van der Waals surface area contributed by atoms with Crippen molar-refractivity contribution in [2.75, 3.05) is 81.2 Å². The number of halogens is 4. The number of hydrogen-bond acceptors (Lipinski definition) is 13. The Kier molecular flexibility index (Phi) is 26.9. The van der Waals surface area contributed by atoms with Crippen LogP contribution in [-0.2, 0) is 74.9 Å². The van der Waals surface area contributed by atoms with Gasteiger partial charge in [-0.05, 0) is 132 Å². The second kappa shape index (κ2) is 34.2. The van der Waals surface area contributed by atoms with Crippen molar-refractivity contribution in [3.05, 3.63) is 34.3 Å². The number of carbonyl (C=O) groups excluding carboxylic acids is 12. The van der Waals surface area contributed by atoms with Gasteiger partial charge in [-0.25, -0.2) is 0 Å². The summed E-state index contributed by atoms with van der Waals surface area (Å²) < 4.78 is 47.2. The third-order valence-electron chi connectivity index (χ3n) is 22.3. The quantitative estimate of drug-likeness (QED) is 0.235. The number of amides is 12. The van der Waals surface area contributed by atoms with E-state index < -0.39 is 172 Å². The molecule has 0 aromatic heterocycles. The van der Waals surface area contributed by atoms with E-state index in [9.17, 15) is 41.9 Å². The van der Waals surface area contributed by atoms with Crippen molar-refractivity contribution in [2.45, 2.75) is 236 Å². The highest BCUT2D eigenvalue weighted by atomic mass is 35.5. The van der Waals surface area contributed by atoms with Gasteiger partial charge >= 0.3 is 6.18 Å². The molecule has 4 N–H and O–H groups in total. The molecule has 4 saturated heterocycles. The lowest BCUT2D eigenvalue weighted by Crippen LogP contribution is -2.65. The van der Waals surface area contributed by atoms with Crippen LogP contribution in [-0.4, -0.2) is 251 Å². The molecule has 29 heteroatoms. The maximum atomic E-state index is 15.7. The van der Waals surface area contributed by atoms with E-state index in [1.165, 1.54) is 82.5 Å². The molecule has 1 spiro atoms. The maximum absolute atomic E-state index is 15.7. The zero-order chi connectivity index (χ0) is 73.2. The number of nitrogens with one attached hydrogen (secondary N) is 4. The number of fused-ring (bicyclic) bond motifs is 2. The summed E-state index contributed by atoms with van der Waals surface area (Å²) in [6.07, 6.45) is 2.62. The zero-order valence-electron chi connectivity index (χ0n) is 59.9. The molecular formula is C71H106ClF3N12O13. The minimum absolute atomic E-state index is 0.0351. The van der Waals surface area contributed by atoms with E-state index in [1.807, 2.05) is 20.8 Å². The van der Waals surface area contributed by atoms with Crippen LogP contribution in [0.3, 0.4) is 0 Å². The van der Waals surface area contributed by atoms with Gasteiger partial charge in [0.05, 0.1) is 36.8 Å². The van der Waals surface area contributed by atoms with Crippen LogP contribution in [0, 0.1) is 23.7 Å². The minimum atomic E-state index is -4.76. The third-order valence-corrected chi connectivity index (χ3v) is 22.6. The number of benzene rings is 1. The summed E-state index contributed by atoms with van der Waals surface area (Å²) in [7, 11) is 7.22. The van der Waals surface area contributed by atoms with Gasteiger partial charge in [-0.1, -0.05) is 90.3 Å². The highest BCUT2D eigenvalue weighted by Gasteiger charge is 2.52. The van der Waals surface area contributed by atoms with Gasteiger partial charge in [0, 0.05) is 61.4 Å². The van der Waals surface area contributed by atoms with E-state index in [0.29, 0.717) is 63.4 Å². The fourth-order valence-corrected chi connectivity index (χ4v) is 16.2. The first-order valence-electron chi connectivity index (χ1n) is 36.2. The van der Waals surface area contributed by atoms with Crippen molar-refractivity contribution >= 4 is 82.5 Å². The summed E-state index contributed by atoms with van der Waals surface area (Å²) in [6.45, 7) is 9.22. The number of likely N-dealkylation sites (N-methyl/N-ethyl adjacent to an activating group) is 5. The van der Waals surface area contributed by atoms with Gasteiger partial charge in [0.1, 0.15) is 59.9 Å². The molecule has 1 aromatic carbocycles. The zero-order valence-corrected chi connectivity index (χ0v) is 60.7. The molecule has 3 aliphatic carbocycles. The Morgan fingerprint density at radius 2 is 1.26 bits per heavy atom. The summed E-state index contributed by atoms with van der Waals surface area (Å²) in [6, 6.07) is -7.86. The van der Waals surface area contributed by atoms with Gasteiger partial charge in [-0.15, -0.1) is 0 Å². The SMILES string of the molecule is CC[C@H](C)[C@@H]1NC(=O)[C@H](CCC(C)C)N(C)C(=O)C[C@@H](C(=O)N2CCOCC2)N(C)C(=O)[C@H](C2CCCC2)N(C)C(=O)C2(CCCC2)NC(=O)[C@@H]2CCCN2C(=O)[C@H](CCc2ccc(C(F)(F)F)c(Cl)c2)NC(=O)CN(C)C(=O)[C@H](C2CCCC2)N(C)C(=O)[C@@H]2CCN2C(=O)[C@H](C)NC1=O. The standard InChI is InChI=1S/C71H106ClF3N12O13/c1-11-43(4)57-62(92)76-44(5)63(93)87-34-30-53(87)65(95)83(9)58(46-19-12-13-20-46)67(97)80(6)41-55(88)77-50(28-26-45-25-27-48(49(72)39-45)71(73,74)75)64(94)86-33-18-23-52(86)61(91)79-70(31-16-17-32-70)69(99)84(10)59(47-21-14-15-22-47)68(98)82(8)54(66(96)85-35-37-100-38-36-85)40-56(89)81(7)51(60(90)78-57)29-24-42(2)3/h25,27,39,42-44,46-47,50-54,57-59H,11-24,26,28-38,40-41H2,1-10H3,(H,76,92)(H,77,88)(H,78,90)(H,79,91)/t43-,44-,50-,51-,52-,53-,54-,57-,58-,59-/m0/s1. The van der Waals surface area contributed by atoms with Crippen LogP contribution in [0.15, 0.2) is 18.2 Å². The van der Waals surface area contributed by atoms with Crippen molar-refractivity contribution in [3.63, 3.8) is 0 Å². The molecule has 7 fully saturated rings. The van der Waals surface area contributed by atoms with E-state index in [0.717, 1.165) is 42.7 Å². The number of aryl methyl sites for hydroxylation is 1. The molecule has 25 nitrogen and oxygen atoms in total. The number of nitrogens with zero attached hydrogens (tertiary/aromatic N) is 8. The molecule has 4 aliphatic heterocycles. The Morgan fingerprint density at radius 3 is 1.83 bits per heavy atom. The van der Waals surface area contributed by atoms with Crippen LogP contribution >= 0.6 is 11.6 Å². The Morgan fingerprint density at radius 1 is 0.650 bits per heavy atom. The van der Waals surface area contributed by atoms with E-state index in [1.54, 1.807) is 6.92 Å². The van der Waals surface area contributed by atoms with Gasteiger partial charge < -0.3 is 65.2 Å². The minimum Gasteiger partial charge on any atom is -0.378 e. The van der Waals surface area contributed by atoms with Crippen LogP contribution in [0.2, 0.25) is 5.02 Å². The molecule has 0 radical (unpaired) electrons. The van der Waals surface area contributed by atoms with Gasteiger partial charge in [0.15, 0.2) is 0 Å². The van der Waals surface area contributed by atoms with Crippen molar-refractivity contribution in [3.8, 4) is 0 Å². The fourth-order valence-electron chi connectivity index (χ4n) is 15.9.